The monoisotopic (exact) mass is 359 g/mol. The van der Waals surface area contributed by atoms with Crippen LogP contribution in [-0.2, 0) is 9.59 Å². The number of rotatable bonds is 9. The molecule has 1 heterocycles. The lowest BCUT2D eigenvalue weighted by Gasteiger charge is -2.37. The fraction of sp³-hybridized carbons (Fsp3) is 0.619. The first-order valence-electron chi connectivity index (χ1n) is 9.82. The molecule has 1 aromatic carbocycles. The van der Waals surface area contributed by atoms with E-state index in [2.05, 4.69) is 11.8 Å². The van der Waals surface area contributed by atoms with Crippen molar-refractivity contribution in [3.8, 4) is 0 Å². The molecule has 0 unspecified atom stereocenters. The zero-order valence-corrected chi connectivity index (χ0v) is 16.5. The van der Waals surface area contributed by atoms with Gasteiger partial charge in [0.05, 0.1) is 0 Å². The summed E-state index contributed by atoms with van der Waals surface area (Å²) in [7, 11) is 4.09. The van der Waals surface area contributed by atoms with Crippen molar-refractivity contribution in [2.75, 3.05) is 40.3 Å². The first-order chi connectivity index (χ1) is 12.5. The topological polar surface area (TPSA) is 43.9 Å². The van der Waals surface area contributed by atoms with Gasteiger partial charge in [-0.25, -0.2) is 0 Å². The van der Waals surface area contributed by atoms with Crippen LogP contribution in [0.4, 0.5) is 0 Å². The first kappa shape index (κ1) is 20.4. The molecule has 5 nitrogen and oxygen atoms in total. The van der Waals surface area contributed by atoms with Crippen molar-refractivity contribution >= 4 is 11.8 Å². The third kappa shape index (κ3) is 5.56. The third-order valence-corrected chi connectivity index (χ3v) is 4.86. The van der Waals surface area contributed by atoms with Crippen LogP contribution in [0.15, 0.2) is 30.3 Å². The Morgan fingerprint density at radius 2 is 1.85 bits per heavy atom. The van der Waals surface area contributed by atoms with E-state index in [0.29, 0.717) is 13.0 Å². The maximum Gasteiger partial charge on any atom is 0.250 e. The Morgan fingerprint density at radius 1 is 1.12 bits per heavy atom. The first-order valence-corrected chi connectivity index (χ1v) is 9.82. The molecule has 1 saturated heterocycles. The number of carbonyl (C=O) groups excluding carboxylic acids is 2. The van der Waals surface area contributed by atoms with Gasteiger partial charge in [0.15, 0.2) is 0 Å². The number of likely N-dealkylation sites (tertiary alicyclic amines) is 1. The Morgan fingerprint density at radius 3 is 2.46 bits per heavy atom. The maximum atomic E-state index is 13.5. The molecule has 1 fully saturated rings. The van der Waals surface area contributed by atoms with Gasteiger partial charge < -0.3 is 14.7 Å². The van der Waals surface area contributed by atoms with E-state index in [-0.39, 0.29) is 11.8 Å². The van der Waals surface area contributed by atoms with Gasteiger partial charge in [-0.15, -0.1) is 0 Å². The van der Waals surface area contributed by atoms with Crippen molar-refractivity contribution in [1.29, 1.82) is 0 Å². The van der Waals surface area contributed by atoms with Crippen LogP contribution < -0.4 is 0 Å². The molecule has 1 aromatic rings. The highest BCUT2D eigenvalue weighted by molar-refractivity contribution is 5.89. The molecule has 144 valence electrons. The van der Waals surface area contributed by atoms with Gasteiger partial charge in [0.1, 0.15) is 6.04 Å². The van der Waals surface area contributed by atoms with Gasteiger partial charge >= 0.3 is 0 Å². The van der Waals surface area contributed by atoms with Crippen molar-refractivity contribution in [2.24, 2.45) is 0 Å². The Bertz CT molecular complexity index is 574. The highest BCUT2D eigenvalue weighted by Crippen LogP contribution is 2.27. The van der Waals surface area contributed by atoms with E-state index in [1.807, 2.05) is 49.3 Å². The molecular weight excluding hydrogens is 326 g/mol. The SMILES string of the molecule is CCCN(CCCN(C)C)C(=O)[C@@H](c1ccccc1)N1CCCCC1=O. The molecule has 0 spiro atoms. The van der Waals surface area contributed by atoms with Crippen LogP contribution in [-0.4, -0.2) is 66.8 Å². The quantitative estimate of drug-likeness (QED) is 0.681. The second kappa shape index (κ2) is 10.3. The summed E-state index contributed by atoms with van der Waals surface area (Å²) >= 11 is 0. The second-order valence-corrected chi connectivity index (χ2v) is 7.34. The number of carbonyl (C=O) groups is 2. The molecule has 0 radical (unpaired) electrons. The highest BCUT2D eigenvalue weighted by atomic mass is 16.2. The fourth-order valence-electron chi connectivity index (χ4n) is 3.54. The number of nitrogens with zero attached hydrogens (tertiary/aromatic N) is 3. The van der Waals surface area contributed by atoms with Crippen LogP contribution in [0.1, 0.15) is 50.6 Å². The minimum Gasteiger partial charge on any atom is -0.341 e. The summed E-state index contributed by atoms with van der Waals surface area (Å²) in [5, 5.41) is 0. The molecule has 1 aliphatic rings. The minimum atomic E-state index is -0.491. The summed E-state index contributed by atoms with van der Waals surface area (Å²) in [4.78, 5) is 31.9. The predicted molar refractivity (Wildman–Crippen MR) is 105 cm³/mol. The Balaban J connectivity index is 2.23. The van der Waals surface area contributed by atoms with Crippen LogP contribution in [0.5, 0.6) is 0 Å². The molecule has 1 atom stereocenters. The van der Waals surface area contributed by atoms with Crippen molar-refractivity contribution < 1.29 is 9.59 Å². The van der Waals surface area contributed by atoms with Gasteiger partial charge in [-0.1, -0.05) is 37.3 Å². The number of hydrogen-bond acceptors (Lipinski definition) is 3. The van der Waals surface area contributed by atoms with Crippen molar-refractivity contribution in [3.63, 3.8) is 0 Å². The van der Waals surface area contributed by atoms with Crippen molar-refractivity contribution in [3.05, 3.63) is 35.9 Å². The Kier molecular flexibility index (Phi) is 8.10. The molecule has 0 aliphatic carbocycles. The van der Waals surface area contributed by atoms with Gasteiger partial charge in [-0.3, -0.25) is 9.59 Å². The summed E-state index contributed by atoms with van der Waals surface area (Å²) in [6.45, 7) is 5.18. The van der Waals surface area contributed by atoms with Gasteiger partial charge in [0.2, 0.25) is 11.8 Å². The van der Waals surface area contributed by atoms with E-state index in [1.54, 1.807) is 4.90 Å². The average Bonchev–Trinajstić information content (AvgIpc) is 2.63. The average molecular weight is 360 g/mol. The lowest BCUT2D eigenvalue weighted by atomic mass is 9.99. The molecule has 2 amide bonds. The van der Waals surface area contributed by atoms with Crippen LogP contribution in [0.3, 0.4) is 0 Å². The maximum absolute atomic E-state index is 13.5. The summed E-state index contributed by atoms with van der Waals surface area (Å²) in [6, 6.07) is 9.28. The standard InChI is InChI=1S/C21H33N3O2/c1-4-14-23(16-10-15-22(2)3)21(26)20(18-11-6-5-7-12-18)24-17-9-8-13-19(24)25/h5-7,11-12,20H,4,8-10,13-17H2,1-3H3/t20-/m1/s1. The lowest BCUT2D eigenvalue weighted by molar-refractivity contribution is -0.148. The molecule has 26 heavy (non-hydrogen) atoms. The largest absolute Gasteiger partial charge is 0.341 e. The van der Waals surface area contributed by atoms with Gasteiger partial charge in [-0.2, -0.15) is 0 Å². The lowest BCUT2D eigenvalue weighted by Crippen LogP contribution is -2.47. The fourth-order valence-corrected chi connectivity index (χ4v) is 3.54. The number of hydrogen-bond donors (Lipinski definition) is 0. The zero-order valence-electron chi connectivity index (χ0n) is 16.5. The van der Waals surface area contributed by atoms with Crippen LogP contribution in [0.25, 0.3) is 0 Å². The number of benzene rings is 1. The number of amides is 2. The van der Waals surface area contributed by atoms with Crippen molar-refractivity contribution in [2.45, 2.75) is 45.1 Å². The van der Waals surface area contributed by atoms with E-state index < -0.39 is 6.04 Å². The molecule has 0 aromatic heterocycles. The van der Waals surface area contributed by atoms with Gasteiger partial charge in [0, 0.05) is 26.1 Å². The number of piperidine rings is 1. The Hall–Kier alpha value is -1.88. The van der Waals surface area contributed by atoms with Crippen LogP contribution >= 0.6 is 0 Å². The summed E-state index contributed by atoms with van der Waals surface area (Å²) < 4.78 is 0. The molecule has 5 heteroatoms. The smallest absolute Gasteiger partial charge is 0.250 e. The second-order valence-electron chi connectivity index (χ2n) is 7.34. The third-order valence-electron chi connectivity index (χ3n) is 4.86. The molecular formula is C21H33N3O2. The van der Waals surface area contributed by atoms with E-state index >= 15 is 0 Å². The van der Waals surface area contributed by atoms with E-state index in [9.17, 15) is 9.59 Å². The van der Waals surface area contributed by atoms with E-state index in [1.165, 1.54) is 0 Å². The predicted octanol–water partition coefficient (Wildman–Crippen LogP) is 2.93. The molecule has 0 bridgehead atoms. The summed E-state index contributed by atoms with van der Waals surface area (Å²) in [5.74, 6) is 0.162. The zero-order chi connectivity index (χ0) is 18.9. The van der Waals surface area contributed by atoms with Crippen LogP contribution in [0.2, 0.25) is 0 Å². The molecule has 2 rings (SSSR count). The van der Waals surface area contributed by atoms with Gasteiger partial charge in [-0.05, 0) is 51.9 Å². The van der Waals surface area contributed by atoms with Crippen LogP contribution in [0, 0.1) is 0 Å². The normalized spacial score (nSPS) is 16.0. The van der Waals surface area contributed by atoms with Gasteiger partial charge in [0.25, 0.3) is 0 Å². The van der Waals surface area contributed by atoms with E-state index in [4.69, 9.17) is 0 Å². The Labute approximate surface area is 158 Å². The van der Waals surface area contributed by atoms with E-state index in [0.717, 1.165) is 50.9 Å². The summed E-state index contributed by atoms with van der Waals surface area (Å²) in [6.07, 6.45) is 4.30. The molecule has 0 saturated carbocycles. The molecule has 1 aliphatic heterocycles. The minimum absolute atomic E-state index is 0.0621. The van der Waals surface area contributed by atoms with Crippen molar-refractivity contribution in [1.82, 2.24) is 14.7 Å². The summed E-state index contributed by atoms with van der Waals surface area (Å²) in [5.41, 5.74) is 0.918. The molecule has 0 N–H and O–H groups in total. The highest BCUT2D eigenvalue weighted by Gasteiger charge is 2.34.